The Hall–Kier alpha value is -1.38. The number of carboxylic acid groups (broad SMARTS) is 1. The second-order valence-electron chi connectivity index (χ2n) is 9.87. The number of aliphatic carboxylic acids is 1. The fourth-order valence-corrected chi connectivity index (χ4v) is 7.60. The number of ketones is 1. The number of allylic oxidation sites excluding steroid dienone is 2. The molecule has 3 saturated carbocycles. The number of carbonyl (C=O) groups is 2. The summed E-state index contributed by atoms with van der Waals surface area (Å²) in [6, 6.07) is 0. The molecule has 0 heterocycles. The maximum atomic E-state index is 11.9. The molecule has 4 rings (SSSR count). The van der Waals surface area contributed by atoms with Crippen molar-refractivity contribution < 1.29 is 14.7 Å². The van der Waals surface area contributed by atoms with Crippen molar-refractivity contribution >= 4 is 11.8 Å². The van der Waals surface area contributed by atoms with Crippen LogP contribution < -0.4 is 0 Å². The summed E-state index contributed by atoms with van der Waals surface area (Å²) in [6.45, 7) is 6.88. The molecular formula is C23H32O3. The van der Waals surface area contributed by atoms with E-state index in [-0.39, 0.29) is 10.8 Å². The van der Waals surface area contributed by atoms with Crippen LogP contribution in [0.15, 0.2) is 23.3 Å². The maximum absolute atomic E-state index is 11.9. The van der Waals surface area contributed by atoms with Gasteiger partial charge in [-0.3, -0.25) is 4.79 Å². The lowest BCUT2D eigenvalue weighted by molar-refractivity contribution is -0.131. The molecule has 0 unspecified atom stereocenters. The second kappa shape index (κ2) is 6.07. The van der Waals surface area contributed by atoms with E-state index in [0.717, 1.165) is 30.8 Å². The van der Waals surface area contributed by atoms with E-state index in [1.165, 1.54) is 37.3 Å². The summed E-state index contributed by atoms with van der Waals surface area (Å²) >= 11 is 0. The Balaban J connectivity index is 1.63. The summed E-state index contributed by atoms with van der Waals surface area (Å²) in [4.78, 5) is 23.1. The minimum atomic E-state index is -0.810. The molecule has 0 bridgehead atoms. The lowest BCUT2D eigenvalue weighted by atomic mass is 9.46. The van der Waals surface area contributed by atoms with Crippen molar-refractivity contribution in [3.8, 4) is 0 Å². The highest BCUT2D eigenvalue weighted by atomic mass is 16.4. The zero-order chi connectivity index (χ0) is 18.7. The number of fused-ring (bicyclic) bond motifs is 5. The van der Waals surface area contributed by atoms with Crippen LogP contribution in [0.3, 0.4) is 0 Å². The molecule has 26 heavy (non-hydrogen) atoms. The summed E-state index contributed by atoms with van der Waals surface area (Å²) in [5, 5.41) is 9.19. The largest absolute Gasteiger partial charge is 0.478 e. The minimum Gasteiger partial charge on any atom is -0.478 e. The van der Waals surface area contributed by atoms with Crippen molar-refractivity contribution in [1.82, 2.24) is 0 Å². The topological polar surface area (TPSA) is 54.4 Å². The SMILES string of the molecule is C/C(=C\C(=O)O)[C@H]1CC[C@H]2[C@@H]3CCC4=CC(=O)CC[C@]4(C)[C@H]3CC[C@]12C. The van der Waals surface area contributed by atoms with Gasteiger partial charge in [0.05, 0.1) is 0 Å². The Morgan fingerprint density at radius 1 is 1.12 bits per heavy atom. The molecule has 0 aromatic carbocycles. The van der Waals surface area contributed by atoms with Crippen LogP contribution in [0, 0.1) is 34.5 Å². The molecule has 3 nitrogen and oxygen atoms in total. The van der Waals surface area contributed by atoms with Gasteiger partial charge in [-0.15, -0.1) is 0 Å². The molecule has 4 aliphatic rings. The summed E-state index contributed by atoms with van der Waals surface area (Å²) in [7, 11) is 0. The minimum absolute atomic E-state index is 0.224. The van der Waals surface area contributed by atoms with Gasteiger partial charge in [-0.1, -0.05) is 25.0 Å². The molecule has 0 aromatic rings. The van der Waals surface area contributed by atoms with Crippen LogP contribution in [0.5, 0.6) is 0 Å². The van der Waals surface area contributed by atoms with E-state index >= 15 is 0 Å². The van der Waals surface area contributed by atoms with E-state index in [9.17, 15) is 14.7 Å². The zero-order valence-electron chi connectivity index (χ0n) is 16.4. The molecule has 142 valence electrons. The van der Waals surface area contributed by atoms with Gasteiger partial charge in [0.15, 0.2) is 5.78 Å². The third kappa shape index (κ3) is 2.53. The van der Waals surface area contributed by atoms with Crippen LogP contribution in [-0.2, 0) is 9.59 Å². The average Bonchev–Trinajstić information content (AvgIpc) is 2.92. The molecule has 0 aromatic heterocycles. The van der Waals surface area contributed by atoms with Crippen molar-refractivity contribution in [3.05, 3.63) is 23.3 Å². The van der Waals surface area contributed by atoms with Crippen molar-refractivity contribution in [3.63, 3.8) is 0 Å². The highest BCUT2D eigenvalue weighted by Gasteiger charge is 2.59. The Morgan fingerprint density at radius 2 is 1.88 bits per heavy atom. The predicted octanol–water partition coefficient (Wildman–Crippen LogP) is 5.17. The third-order valence-electron chi connectivity index (χ3n) is 8.86. The fraction of sp³-hybridized carbons (Fsp3) is 0.739. The van der Waals surface area contributed by atoms with Gasteiger partial charge in [-0.25, -0.2) is 4.79 Å². The Kier molecular flexibility index (Phi) is 4.20. The molecule has 3 fully saturated rings. The van der Waals surface area contributed by atoms with Crippen molar-refractivity contribution in [2.75, 3.05) is 0 Å². The molecule has 0 spiro atoms. The monoisotopic (exact) mass is 356 g/mol. The van der Waals surface area contributed by atoms with E-state index < -0.39 is 5.97 Å². The van der Waals surface area contributed by atoms with E-state index in [1.54, 1.807) is 0 Å². The van der Waals surface area contributed by atoms with Crippen molar-refractivity contribution in [2.45, 2.75) is 72.1 Å². The Morgan fingerprint density at radius 3 is 2.62 bits per heavy atom. The Bertz CT molecular complexity index is 702. The first-order chi connectivity index (χ1) is 12.3. The molecule has 0 aliphatic heterocycles. The van der Waals surface area contributed by atoms with Crippen LogP contribution in [0.2, 0.25) is 0 Å². The van der Waals surface area contributed by atoms with E-state index in [4.69, 9.17) is 0 Å². The quantitative estimate of drug-likeness (QED) is 0.695. The van der Waals surface area contributed by atoms with Gasteiger partial charge < -0.3 is 5.11 Å². The van der Waals surface area contributed by atoms with Gasteiger partial charge in [0.1, 0.15) is 0 Å². The van der Waals surface area contributed by atoms with E-state index in [1.807, 2.05) is 13.0 Å². The number of hydrogen-bond acceptors (Lipinski definition) is 2. The first-order valence-corrected chi connectivity index (χ1v) is 10.4. The van der Waals surface area contributed by atoms with Gasteiger partial charge >= 0.3 is 5.97 Å². The first-order valence-electron chi connectivity index (χ1n) is 10.4. The van der Waals surface area contributed by atoms with Crippen LogP contribution >= 0.6 is 0 Å². The zero-order valence-corrected chi connectivity index (χ0v) is 16.4. The van der Waals surface area contributed by atoms with Gasteiger partial charge in [-0.2, -0.15) is 0 Å². The highest BCUT2D eigenvalue weighted by molar-refractivity contribution is 5.91. The number of rotatable bonds is 2. The molecule has 4 aliphatic carbocycles. The molecule has 1 N–H and O–H groups in total. The van der Waals surface area contributed by atoms with Gasteiger partial charge in [0, 0.05) is 12.5 Å². The average molecular weight is 357 g/mol. The lowest BCUT2D eigenvalue weighted by Gasteiger charge is -2.58. The summed E-state index contributed by atoms with van der Waals surface area (Å²) in [6.07, 6.45) is 12.3. The number of hydrogen-bond donors (Lipinski definition) is 1. The predicted molar refractivity (Wildman–Crippen MR) is 102 cm³/mol. The Labute approximate surface area is 156 Å². The maximum Gasteiger partial charge on any atom is 0.328 e. The van der Waals surface area contributed by atoms with Crippen LogP contribution in [-0.4, -0.2) is 16.9 Å². The van der Waals surface area contributed by atoms with Crippen LogP contribution in [0.1, 0.15) is 72.1 Å². The molecule has 0 amide bonds. The molecule has 0 saturated heterocycles. The second-order valence-corrected chi connectivity index (χ2v) is 9.87. The summed E-state index contributed by atoms with van der Waals surface area (Å²) < 4.78 is 0. The molecular weight excluding hydrogens is 324 g/mol. The number of carboxylic acids is 1. The van der Waals surface area contributed by atoms with E-state index in [0.29, 0.717) is 30.0 Å². The smallest absolute Gasteiger partial charge is 0.328 e. The lowest BCUT2D eigenvalue weighted by Crippen LogP contribution is -2.50. The third-order valence-corrected chi connectivity index (χ3v) is 8.86. The molecule has 3 heteroatoms. The van der Waals surface area contributed by atoms with Crippen molar-refractivity contribution in [2.24, 2.45) is 34.5 Å². The summed E-state index contributed by atoms with van der Waals surface area (Å²) in [5.41, 5.74) is 2.96. The van der Waals surface area contributed by atoms with Crippen LogP contribution in [0.4, 0.5) is 0 Å². The number of carbonyl (C=O) groups excluding carboxylic acids is 1. The van der Waals surface area contributed by atoms with Crippen molar-refractivity contribution in [1.29, 1.82) is 0 Å². The van der Waals surface area contributed by atoms with Gasteiger partial charge in [-0.05, 0) is 92.4 Å². The summed E-state index contributed by atoms with van der Waals surface area (Å²) in [5.74, 6) is 2.09. The van der Waals surface area contributed by atoms with Gasteiger partial charge in [0.25, 0.3) is 0 Å². The normalized spacial score (nSPS) is 45.4. The standard InChI is InChI=1S/C23H32O3/c1-14(12-21(25)26)18-6-7-19-17-5-4-15-13-16(24)8-10-22(15,2)20(17)9-11-23(18,19)3/h12-13,17-20H,4-11H2,1-3H3,(H,25,26)/b14-12+/t17-,18+,19-,20-,22-,23+/m0/s1. The first kappa shape index (κ1) is 18.0. The van der Waals surface area contributed by atoms with Gasteiger partial charge in [0.2, 0.25) is 0 Å². The molecule has 0 radical (unpaired) electrons. The fourth-order valence-electron chi connectivity index (χ4n) is 7.60. The van der Waals surface area contributed by atoms with E-state index in [2.05, 4.69) is 13.8 Å². The molecule has 6 atom stereocenters. The highest BCUT2D eigenvalue weighted by Crippen LogP contribution is 2.67. The van der Waals surface area contributed by atoms with Crippen LogP contribution in [0.25, 0.3) is 0 Å².